The van der Waals surface area contributed by atoms with Gasteiger partial charge in [0.25, 0.3) is 0 Å². The number of rotatable bonds is 7. The van der Waals surface area contributed by atoms with Crippen LogP contribution in [0.4, 0.5) is 0 Å². The Morgan fingerprint density at radius 2 is 0.770 bits per heavy atom. The molecule has 0 spiro atoms. The Labute approximate surface area is 356 Å². The molecule has 288 valence electrons. The van der Waals surface area contributed by atoms with Crippen LogP contribution >= 0.6 is 0 Å². The summed E-state index contributed by atoms with van der Waals surface area (Å²) in [5.74, 6) is 0.692. The molecule has 2 heterocycles. The molecule has 3 nitrogen and oxygen atoms in total. The van der Waals surface area contributed by atoms with E-state index < -0.39 is 0 Å². The molecule has 0 fully saturated rings. The van der Waals surface area contributed by atoms with Gasteiger partial charge in [-0.25, -0.2) is 15.0 Å². The Kier molecular flexibility index (Phi) is 8.82. The van der Waals surface area contributed by atoms with Gasteiger partial charge in [-0.15, -0.1) is 0 Å². The maximum Gasteiger partial charge on any atom is 0.160 e. The molecule has 0 saturated carbocycles. The Morgan fingerprint density at radius 1 is 0.295 bits per heavy atom. The molecule has 0 aliphatic heterocycles. The summed E-state index contributed by atoms with van der Waals surface area (Å²) in [7, 11) is 0. The predicted octanol–water partition coefficient (Wildman–Crippen LogP) is 15.0. The third-order valence-corrected chi connectivity index (χ3v) is 12.3. The summed E-state index contributed by atoms with van der Waals surface area (Å²) in [5, 5.41) is 1.14. The van der Waals surface area contributed by atoms with E-state index in [1.807, 2.05) is 12.1 Å². The minimum atomic E-state index is -0.137. The minimum absolute atomic E-state index is 0.137. The molecule has 0 unspecified atom stereocenters. The first kappa shape index (κ1) is 36.3. The van der Waals surface area contributed by atoms with Crippen LogP contribution in [0, 0.1) is 0 Å². The lowest BCUT2D eigenvalue weighted by molar-refractivity contribution is 0.661. The van der Waals surface area contributed by atoms with Crippen LogP contribution in [0.5, 0.6) is 0 Å². The average Bonchev–Trinajstić information content (AvgIpc) is 3.56. The smallest absolute Gasteiger partial charge is 0.160 e. The normalized spacial score (nSPS) is 12.6. The molecule has 0 saturated heterocycles. The molecule has 3 heteroatoms. The van der Waals surface area contributed by atoms with E-state index in [0.29, 0.717) is 5.82 Å². The third-order valence-electron chi connectivity index (χ3n) is 12.3. The number of aromatic nitrogens is 3. The van der Waals surface area contributed by atoms with Crippen molar-refractivity contribution >= 4 is 10.9 Å². The van der Waals surface area contributed by atoms with Gasteiger partial charge in [0.1, 0.15) is 0 Å². The van der Waals surface area contributed by atoms with Crippen molar-refractivity contribution in [2.24, 2.45) is 0 Å². The molecule has 2 aromatic heterocycles. The van der Waals surface area contributed by atoms with E-state index in [-0.39, 0.29) is 5.41 Å². The largest absolute Gasteiger partial charge is 0.248 e. The van der Waals surface area contributed by atoms with Crippen molar-refractivity contribution in [2.45, 2.75) is 19.3 Å². The number of benzene rings is 8. The molecule has 1 aliphatic carbocycles. The highest BCUT2D eigenvalue weighted by Crippen LogP contribution is 2.50. The van der Waals surface area contributed by atoms with Crippen LogP contribution in [-0.2, 0) is 5.41 Å². The number of fused-ring (bicyclic) bond motifs is 4. The zero-order chi connectivity index (χ0) is 40.9. The van der Waals surface area contributed by atoms with Gasteiger partial charge in [0, 0.05) is 33.1 Å². The maximum atomic E-state index is 5.44. The Hall–Kier alpha value is -7.75. The topological polar surface area (TPSA) is 38.7 Å². The SMILES string of the molecule is CC1(C)c2ccccc2-c2cc3c(-c4cccc(-c5cccc(-c6nc(-c7ccccc7)cc(-c7ccccc7)n6)c5)c4)cc(-c4cccc(-c5ccccc5)c4)nc3cc21. The molecule has 1 aliphatic rings. The number of nitrogens with zero attached hydrogens (tertiary/aromatic N) is 3. The van der Waals surface area contributed by atoms with E-state index in [9.17, 15) is 0 Å². The number of pyridine rings is 1. The number of hydrogen-bond acceptors (Lipinski definition) is 3. The monoisotopic (exact) mass is 779 g/mol. The lowest BCUT2D eigenvalue weighted by Gasteiger charge is -2.22. The van der Waals surface area contributed by atoms with Crippen molar-refractivity contribution in [3.05, 3.63) is 223 Å². The fourth-order valence-corrected chi connectivity index (χ4v) is 9.09. The van der Waals surface area contributed by atoms with Crippen molar-refractivity contribution in [1.82, 2.24) is 15.0 Å². The van der Waals surface area contributed by atoms with Crippen LogP contribution in [-0.4, -0.2) is 15.0 Å². The van der Waals surface area contributed by atoms with Gasteiger partial charge in [-0.3, -0.25) is 0 Å². The van der Waals surface area contributed by atoms with Gasteiger partial charge in [-0.05, 0) is 98.1 Å². The van der Waals surface area contributed by atoms with Gasteiger partial charge in [-0.1, -0.05) is 184 Å². The lowest BCUT2D eigenvalue weighted by atomic mass is 9.82. The fourth-order valence-electron chi connectivity index (χ4n) is 9.09. The first-order valence-electron chi connectivity index (χ1n) is 20.9. The van der Waals surface area contributed by atoms with Crippen LogP contribution in [0.15, 0.2) is 212 Å². The van der Waals surface area contributed by atoms with Gasteiger partial charge in [0.15, 0.2) is 5.82 Å². The fraction of sp³-hybridized carbons (Fsp3) is 0.0517. The molecule has 0 bridgehead atoms. The number of hydrogen-bond donors (Lipinski definition) is 0. The highest BCUT2D eigenvalue weighted by Gasteiger charge is 2.36. The van der Waals surface area contributed by atoms with E-state index in [1.54, 1.807) is 0 Å². The standard InChI is InChI=1S/C58H41N3/c1-58(2)51-30-13-12-29-47(51)49-34-50-48(35-53(59-56(50)36-52(49)58)45-27-15-23-41(32-45)38-17-6-3-7-18-38)44-26-14-24-42(31-44)43-25-16-28-46(33-43)57-60-54(39-19-8-4-9-20-39)37-55(61-57)40-21-10-5-11-22-40/h3-37H,1-2H3. The summed E-state index contributed by atoms with van der Waals surface area (Å²) in [5.41, 5.74) is 19.9. The van der Waals surface area contributed by atoms with Gasteiger partial charge in [0.05, 0.1) is 22.6 Å². The zero-order valence-electron chi connectivity index (χ0n) is 34.0. The van der Waals surface area contributed by atoms with E-state index in [0.717, 1.165) is 72.5 Å². The summed E-state index contributed by atoms with van der Waals surface area (Å²) < 4.78 is 0. The molecular formula is C58H41N3. The van der Waals surface area contributed by atoms with Crippen molar-refractivity contribution in [3.63, 3.8) is 0 Å². The van der Waals surface area contributed by atoms with Crippen LogP contribution in [0.25, 0.3) is 101 Å². The first-order chi connectivity index (χ1) is 30.0. The summed E-state index contributed by atoms with van der Waals surface area (Å²) in [6, 6.07) is 75.5. The van der Waals surface area contributed by atoms with E-state index >= 15 is 0 Å². The second-order valence-corrected chi connectivity index (χ2v) is 16.4. The highest BCUT2D eigenvalue weighted by molar-refractivity contribution is 6.02. The van der Waals surface area contributed by atoms with Gasteiger partial charge < -0.3 is 0 Å². The maximum absolute atomic E-state index is 5.44. The summed E-state index contributed by atoms with van der Waals surface area (Å²) >= 11 is 0. The van der Waals surface area contributed by atoms with Crippen molar-refractivity contribution in [3.8, 4) is 89.7 Å². The molecule has 0 N–H and O–H groups in total. The van der Waals surface area contributed by atoms with Crippen LogP contribution in [0.2, 0.25) is 0 Å². The van der Waals surface area contributed by atoms with Gasteiger partial charge in [-0.2, -0.15) is 0 Å². The second-order valence-electron chi connectivity index (χ2n) is 16.4. The summed E-state index contributed by atoms with van der Waals surface area (Å²) in [6.45, 7) is 4.67. The molecule has 0 radical (unpaired) electrons. The Balaban J connectivity index is 1.06. The zero-order valence-corrected chi connectivity index (χ0v) is 34.0. The molecule has 0 amide bonds. The molecule has 0 atom stereocenters. The van der Waals surface area contributed by atoms with Crippen LogP contribution in [0.1, 0.15) is 25.0 Å². The van der Waals surface area contributed by atoms with E-state index in [4.69, 9.17) is 15.0 Å². The lowest BCUT2D eigenvalue weighted by Crippen LogP contribution is -2.14. The van der Waals surface area contributed by atoms with Crippen LogP contribution in [0.3, 0.4) is 0 Å². The minimum Gasteiger partial charge on any atom is -0.248 e. The average molecular weight is 780 g/mol. The Bertz CT molecular complexity index is 3200. The molecule has 61 heavy (non-hydrogen) atoms. The summed E-state index contributed by atoms with van der Waals surface area (Å²) in [6.07, 6.45) is 0. The molecule has 10 aromatic rings. The van der Waals surface area contributed by atoms with Crippen molar-refractivity contribution in [2.75, 3.05) is 0 Å². The second kappa shape index (κ2) is 14.8. The molecule has 11 rings (SSSR count). The van der Waals surface area contributed by atoms with Crippen molar-refractivity contribution < 1.29 is 0 Å². The van der Waals surface area contributed by atoms with E-state index in [1.165, 1.54) is 33.4 Å². The third kappa shape index (κ3) is 6.61. The van der Waals surface area contributed by atoms with Gasteiger partial charge in [0.2, 0.25) is 0 Å². The van der Waals surface area contributed by atoms with Crippen LogP contribution < -0.4 is 0 Å². The molecular weight excluding hydrogens is 739 g/mol. The molecule has 8 aromatic carbocycles. The summed E-state index contributed by atoms with van der Waals surface area (Å²) in [4.78, 5) is 15.7. The Morgan fingerprint density at radius 3 is 1.43 bits per heavy atom. The van der Waals surface area contributed by atoms with E-state index in [2.05, 4.69) is 214 Å². The highest BCUT2D eigenvalue weighted by atomic mass is 14.9. The quantitative estimate of drug-likeness (QED) is 0.162. The predicted molar refractivity (Wildman–Crippen MR) is 253 cm³/mol. The first-order valence-corrected chi connectivity index (χ1v) is 20.9. The van der Waals surface area contributed by atoms with Crippen molar-refractivity contribution in [1.29, 1.82) is 0 Å². The van der Waals surface area contributed by atoms with Gasteiger partial charge >= 0.3 is 0 Å².